The lowest BCUT2D eigenvalue weighted by molar-refractivity contribution is 0.0997. The number of fused-ring (bicyclic) bond motifs is 1. The Morgan fingerprint density at radius 3 is 2.95 bits per heavy atom. The monoisotopic (exact) mass is 287 g/mol. The molecule has 2 aromatic rings. The fourth-order valence-corrected chi connectivity index (χ4v) is 3.43. The zero-order valence-corrected chi connectivity index (χ0v) is 12.9. The van der Waals surface area contributed by atoms with E-state index in [1.807, 2.05) is 6.07 Å². The van der Waals surface area contributed by atoms with E-state index in [0.29, 0.717) is 5.92 Å². The largest absolute Gasteiger partial charge is 0.393 e. The number of aryl methyl sites for hydroxylation is 1. The van der Waals surface area contributed by atoms with Crippen molar-refractivity contribution in [1.29, 1.82) is 0 Å². The van der Waals surface area contributed by atoms with Crippen molar-refractivity contribution in [3.05, 3.63) is 30.1 Å². The molecule has 0 bridgehead atoms. The molecule has 1 aliphatic rings. The quantitative estimate of drug-likeness (QED) is 0.909. The number of benzene rings is 1. The maximum Gasteiger partial charge on any atom is 0.126 e. The number of para-hydroxylation sites is 2. The van der Waals surface area contributed by atoms with Crippen LogP contribution in [-0.2, 0) is 7.05 Å². The van der Waals surface area contributed by atoms with E-state index in [9.17, 15) is 5.11 Å². The summed E-state index contributed by atoms with van der Waals surface area (Å²) in [5, 5.41) is 13.4. The van der Waals surface area contributed by atoms with Crippen molar-refractivity contribution in [2.24, 2.45) is 13.0 Å². The highest BCUT2D eigenvalue weighted by molar-refractivity contribution is 5.75. The van der Waals surface area contributed by atoms with Crippen LogP contribution in [0.5, 0.6) is 0 Å². The van der Waals surface area contributed by atoms with Gasteiger partial charge in [0.05, 0.1) is 23.2 Å². The van der Waals surface area contributed by atoms with Gasteiger partial charge < -0.3 is 15.0 Å². The lowest BCUT2D eigenvalue weighted by Gasteiger charge is -2.27. The van der Waals surface area contributed by atoms with Crippen LogP contribution in [-0.4, -0.2) is 27.3 Å². The molecule has 3 unspecified atom stereocenters. The van der Waals surface area contributed by atoms with Gasteiger partial charge in [-0.05, 0) is 50.8 Å². The molecular weight excluding hydrogens is 262 g/mol. The van der Waals surface area contributed by atoms with Crippen molar-refractivity contribution in [2.45, 2.75) is 44.8 Å². The molecule has 0 amide bonds. The summed E-state index contributed by atoms with van der Waals surface area (Å²) in [6, 6.07) is 8.47. The molecule has 1 aromatic heterocycles. The zero-order chi connectivity index (χ0) is 14.8. The maximum atomic E-state index is 9.76. The molecule has 1 saturated carbocycles. The molecule has 3 rings (SSSR count). The van der Waals surface area contributed by atoms with Crippen LogP contribution in [0.1, 0.15) is 44.5 Å². The SMILES string of the molecule is CC(NCC1CCCC(O)C1)c1nc2ccccc2n1C. The topological polar surface area (TPSA) is 50.1 Å². The molecular formula is C17H25N3O. The van der Waals surface area contributed by atoms with Gasteiger partial charge in [0, 0.05) is 7.05 Å². The van der Waals surface area contributed by atoms with Crippen LogP contribution in [0, 0.1) is 5.92 Å². The van der Waals surface area contributed by atoms with E-state index in [1.165, 1.54) is 11.9 Å². The van der Waals surface area contributed by atoms with E-state index in [1.54, 1.807) is 0 Å². The van der Waals surface area contributed by atoms with Crippen molar-refractivity contribution in [3.63, 3.8) is 0 Å². The van der Waals surface area contributed by atoms with Gasteiger partial charge in [-0.1, -0.05) is 18.6 Å². The second-order valence-electron chi connectivity index (χ2n) is 6.33. The lowest BCUT2D eigenvalue weighted by atomic mass is 9.87. The number of aliphatic hydroxyl groups excluding tert-OH is 1. The molecule has 3 atom stereocenters. The Hall–Kier alpha value is -1.39. The van der Waals surface area contributed by atoms with Gasteiger partial charge >= 0.3 is 0 Å². The Morgan fingerprint density at radius 2 is 2.19 bits per heavy atom. The highest BCUT2D eigenvalue weighted by Gasteiger charge is 2.21. The number of aromatic nitrogens is 2. The van der Waals surface area contributed by atoms with Crippen LogP contribution in [0.2, 0.25) is 0 Å². The molecule has 0 saturated heterocycles. The van der Waals surface area contributed by atoms with Gasteiger partial charge in [-0.2, -0.15) is 0 Å². The fraction of sp³-hybridized carbons (Fsp3) is 0.588. The maximum absolute atomic E-state index is 9.76. The third-order valence-corrected chi connectivity index (χ3v) is 4.68. The molecule has 1 aromatic carbocycles. The molecule has 1 heterocycles. The van der Waals surface area contributed by atoms with Crippen molar-refractivity contribution in [3.8, 4) is 0 Å². The summed E-state index contributed by atoms with van der Waals surface area (Å²) in [7, 11) is 2.08. The summed E-state index contributed by atoms with van der Waals surface area (Å²) in [6.07, 6.45) is 4.17. The Balaban J connectivity index is 1.66. The van der Waals surface area contributed by atoms with Gasteiger partial charge in [0.15, 0.2) is 0 Å². The molecule has 2 N–H and O–H groups in total. The highest BCUT2D eigenvalue weighted by Crippen LogP contribution is 2.25. The van der Waals surface area contributed by atoms with E-state index in [-0.39, 0.29) is 12.1 Å². The van der Waals surface area contributed by atoms with Crippen molar-refractivity contribution in [2.75, 3.05) is 6.54 Å². The third kappa shape index (κ3) is 3.11. The average molecular weight is 287 g/mol. The number of nitrogens with zero attached hydrogens (tertiary/aromatic N) is 2. The van der Waals surface area contributed by atoms with Crippen LogP contribution >= 0.6 is 0 Å². The van der Waals surface area contributed by atoms with E-state index in [0.717, 1.165) is 37.1 Å². The molecule has 0 aliphatic heterocycles. The summed E-state index contributed by atoms with van der Waals surface area (Å²) < 4.78 is 2.17. The fourth-order valence-electron chi connectivity index (χ4n) is 3.43. The Labute approximate surface area is 126 Å². The molecule has 0 spiro atoms. The van der Waals surface area contributed by atoms with Crippen LogP contribution in [0.25, 0.3) is 11.0 Å². The summed E-state index contributed by atoms with van der Waals surface area (Å²) in [5.74, 6) is 1.67. The molecule has 4 nitrogen and oxygen atoms in total. The molecule has 114 valence electrons. The minimum Gasteiger partial charge on any atom is -0.393 e. The Kier molecular flexibility index (Phi) is 4.27. The first-order valence-corrected chi connectivity index (χ1v) is 7.98. The van der Waals surface area contributed by atoms with Gasteiger partial charge in [-0.15, -0.1) is 0 Å². The highest BCUT2D eigenvalue weighted by atomic mass is 16.3. The summed E-state index contributed by atoms with van der Waals surface area (Å²) >= 11 is 0. The average Bonchev–Trinajstić information content (AvgIpc) is 2.83. The molecule has 1 aliphatic carbocycles. The van der Waals surface area contributed by atoms with Gasteiger partial charge in [-0.3, -0.25) is 0 Å². The van der Waals surface area contributed by atoms with Gasteiger partial charge in [0.1, 0.15) is 5.82 Å². The number of rotatable bonds is 4. The molecule has 1 fully saturated rings. The van der Waals surface area contributed by atoms with Crippen LogP contribution in [0.3, 0.4) is 0 Å². The van der Waals surface area contributed by atoms with Crippen LogP contribution < -0.4 is 5.32 Å². The minimum absolute atomic E-state index is 0.100. The van der Waals surface area contributed by atoms with Gasteiger partial charge in [0.25, 0.3) is 0 Å². The number of aliphatic hydroxyl groups is 1. The van der Waals surface area contributed by atoms with E-state index in [2.05, 4.69) is 42.1 Å². The number of hydrogen-bond acceptors (Lipinski definition) is 3. The summed E-state index contributed by atoms with van der Waals surface area (Å²) in [6.45, 7) is 3.13. The number of imidazole rings is 1. The predicted octanol–water partition coefficient (Wildman–Crippen LogP) is 2.78. The Bertz CT molecular complexity index is 607. The van der Waals surface area contributed by atoms with Crippen molar-refractivity contribution >= 4 is 11.0 Å². The van der Waals surface area contributed by atoms with Crippen LogP contribution in [0.4, 0.5) is 0 Å². The normalized spacial score (nSPS) is 24.3. The first-order valence-electron chi connectivity index (χ1n) is 7.98. The molecule has 21 heavy (non-hydrogen) atoms. The minimum atomic E-state index is -0.100. The summed E-state index contributed by atoms with van der Waals surface area (Å²) in [4.78, 5) is 4.74. The summed E-state index contributed by atoms with van der Waals surface area (Å²) in [5.41, 5.74) is 2.23. The van der Waals surface area contributed by atoms with E-state index >= 15 is 0 Å². The molecule has 4 heteroatoms. The number of nitrogens with one attached hydrogen (secondary N) is 1. The van der Waals surface area contributed by atoms with Gasteiger partial charge in [0.2, 0.25) is 0 Å². The second-order valence-corrected chi connectivity index (χ2v) is 6.33. The smallest absolute Gasteiger partial charge is 0.126 e. The van der Waals surface area contributed by atoms with E-state index in [4.69, 9.17) is 4.98 Å². The first-order chi connectivity index (χ1) is 10.1. The van der Waals surface area contributed by atoms with Gasteiger partial charge in [-0.25, -0.2) is 4.98 Å². The van der Waals surface area contributed by atoms with Crippen LogP contribution in [0.15, 0.2) is 24.3 Å². The Morgan fingerprint density at radius 1 is 1.38 bits per heavy atom. The van der Waals surface area contributed by atoms with E-state index < -0.39 is 0 Å². The first kappa shape index (κ1) is 14.5. The predicted molar refractivity (Wildman–Crippen MR) is 85.1 cm³/mol. The lowest BCUT2D eigenvalue weighted by Crippen LogP contribution is -2.31. The van der Waals surface area contributed by atoms with Crippen molar-refractivity contribution < 1.29 is 5.11 Å². The zero-order valence-electron chi connectivity index (χ0n) is 12.9. The molecule has 0 radical (unpaired) electrons. The standard InChI is InChI=1S/C17H25N3O/c1-12(18-11-13-6-5-7-14(21)10-13)17-19-15-8-3-4-9-16(15)20(17)2/h3-4,8-9,12-14,18,21H,5-7,10-11H2,1-2H3. The third-order valence-electron chi connectivity index (χ3n) is 4.68. The van der Waals surface area contributed by atoms with Crippen molar-refractivity contribution in [1.82, 2.24) is 14.9 Å². The number of hydrogen-bond donors (Lipinski definition) is 2. The second kappa shape index (κ2) is 6.16.